The molecule has 0 radical (unpaired) electrons. The van der Waals surface area contributed by atoms with Gasteiger partial charge in [-0.3, -0.25) is 0 Å². The van der Waals surface area contributed by atoms with Gasteiger partial charge in [-0.25, -0.2) is 0 Å². The Morgan fingerprint density at radius 2 is 0.984 bits per heavy atom. The average Bonchev–Trinajstić information content (AvgIpc) is 4.02. The van der Waals surface area contributed by atoms with Gasteiger partial charge in [0.1, 0.15) is 11.2 Å². The van der Waals surface area contributed by atoms with Crippen LogP contribution in [0.3, 0.4) is 0 Å². The number of hydrogen-bond donors (Lipinski definition) is 0. The van der Waals surface area contributed by atoms with Crippen molar-refractivity contribution in [3.05, 3.63) is 218 Å². The van der Waals surface area contributed by atoms with Crippen molar-refractivity contribution in [2.45, 2.75) is 0 Å². The van der Waals surface area contributed by atoms with E-state index in [1.165, 1.54) is 63.9 Å². The van der Waals surface area contributed by atoms with E-state index in [1.54, 1.807) is 0 Å². The van der Waals surface area contributed by atoms with Crippen molar-refractivity contribution in [1.82, 2.24) is 4.57 Å². The van der Waals surface area contributed by atoms with Crippen LogP contribution in [0.4, 0.5) is 17.1 Å². The summed E-state index contributed by atoms with van der Waals surface area (Å²) in [6, 6.07) is 79.2. The first-order valence-corrected chi connectivity index (χ1v) is 21.9. The molecule has 0 bridgehead atoms. The molecule has 4 heteroatoms. The fraction of sp³-hybridized carbons (Fsp3) is 0. The zero-order chi connectivity index (χ0) is 40.7. The third-order valence-electron chi connectivity index (χ3n) is 12.6. The summed E-state index contributed by atoms with van der Waals surface area (Å²) in [6.45, 7) is 0. The fourth-order valence-electron chi connectivity index (χ4n) is 9.86. The van der Waals surface area contributed by atoms with Crippen molar-refractivity contribution >= 4 is 103 Å². The molecule has 3 heterocycles. The van der Waals surface area contributed by atoms with Crippen LogP contribution >= 0.6 is 11.3 Å². The lowest BCUT2D eigenvalue weighted by Gasteiger charge is -2.30. The Hall–Kier alpha value is -7.92. The first-order chi connectivity index (χ1) is 30.8. The van der Waals surface area contributed by atoms with E-state index in [9.17, 15) is 0 Å². The number of nitrogens with zero attached hydrogens (tertiary/aromatic N) is 2. The molecular formula is C58H36N2OS. The number of thiophene rings is 1. The monoisotopic (exact) mass is 808 g/mol. The molecule has 0 N–H and O–H groups in total. The minimum absolute atomic E-state index is 0.892. The maximum atomic E-state index is 6.69. The molecule has 0 aliphatic rings. The molecule has 0 aliphatic carbocycles. The zero-order valence-electron chi connectivity index (χ0n) is 33.5. The van der Waals surface area contributed by atoms with Gasteiger partial charge in [-0.05, 0) is 71.1 Å². The Morgan fingerprint density at radius 1 is 0.387 bits per heavy atom. The van der Waals surface area contributed by atoms with Crippen molar-refractivity contribution < 1.29 is 4.42 Å². The number of rotatable bonds is 6. The van der Waals surface area contributed by atoms with Crippen molar-refractivity contribution in [3.63, 3.8) is 0 Å². The summed E-state index contributed by atoms with van der Waals surface area (Å²) in [4.78, 5) is 2.50. The molecule has 0 aliphatic heterocycles. The van der Waals surface area contributed by atoms with E-state index in [2.05, 4.69) is 222 Å². The molecule has 0 saturated carbocycles. The van der Waals surface area contributed by atoms with Gasteiger partial charge in [-0.2, -0.15) is 0 Å². The first kappa shape index (κ1) is 34.9. The number of benzene rings is 10. The Kier molecular flexibility index (Phi) is 7.78. The molecule has 0 fully saturated rings. The van der Waals surface area contributed by atoms with Gasteiger partial charge in [0.05, 0.1) is 28.1 Å². The van der Waals surface area contributed by atoms with Gasteiger partial charge >= 0.3 is 0 Å². The van der Waals surface area contributed by atoms with Crippen LogP contribution in [0.2, 0.25) is 0 Å². The molecule has 10 aromatic carbocycles. The maximum Gasteiger partial charge on any atom is 0.143 e. The lowest BCUT2D eigenvalue weighted by molar-refractivity contribution is 0.670. The summed E-state index contributed by atoms with van der Waals surface area (Å²) in [7, 11) is 0. The van der Waals surface area contributed by atoms with Gasteiger partial charge in [-0.15, -0.1) is 11.3 Å². The van der Waals surface area contributed by atoms with E-state index < -0.39 is 0 Å². The Balaban J connectivity index is 1.05. The van der Waals surface area contributed by atoms with Crippen molar-refractivity contribution in [1.29, 1.82) is 0 Å². The quantitative estimate of drug-likeness (QED) is 0.167. The smallest absolute Gasteiger partial charge is 0.143 e. The second-order valence-corrected chi connectivity index (χ2v) is 17.0. The maximum absolute atomic E-state index is 6.69. The highest BCUT2D eigenvalue weighted by molar-refractivity contribution is 7.26. The van der Waals surface area contributed by atoms with Crippen LogP contribution in [0.1, 0.15) is 0 Å². The molecular weight excluding hydrogens is 773 g/mol. The standard InChI is InChI=1S/C58H36N2OS/c1-2-17-40-37(15-1)16-13-28-49(40)60(52-27-10-5-20-44(52)46-23-14-24-47-45-21-6-11-29-54(45)61-57(46)47)53-36-35-41(58-56(53)48-22-7-12-30-55(48)62-58)38-31-33-39(34-32-38)59-50-25-8-3-18-42(50)43-19-4-9-26-51(43)59/h1-36H. The molecule has 0 unspecified atom stereocenters. The number of furan rings is 1. The Bertz CT molecular complexity index is 3830. The molecule has 62 heavy (non-hydrogen) atoms. The van der Waals surface area contributed by atoms with Crippen LogP contribution in [0.25, 0.3) is 103 Å². The summed E-state index contributed by atoms with van der Waals surface area (Å²) >= 11 is 1.87. The molecule has 13 aromatic rings. The number of anilines is 3. The lowest BCUT2D eigenvalue weighted by Crippen LogP contribution is -2.12. The number of aromatic nitrogens is 1. The fourth-order valence-corrected chi connectivity index (χ4v) is 11.1. The van der Waals surface area contributed by atoms with Crippen LogP contribution in [-0.2, 0) is 0 Å². The normalized spacial score (nSPS) is 11.9. The van der Waals surface area contributed by atoms with E-state index in [4.69, 9.17) is 4.42 Å². The van der Waals surface area contributed by atoms with Gasteiger partial charge in [0.25, 0.3) is 0 Å². The zero-order valence-corrected chi connectivity index (χ0v) is 34.3. The van der Waals surface area contributed by atoms with Crippen LogP contribution in [-0.4, -0.2) is 4.57 Å². The number of hydrogen-bond acceptors (Lipinski definition) is 3. The molecule has 13 rings (SSSR count). The number of fused-ring (bicyclic) bond motifs is 10. The molecule has 290 valence electrons. The SMILES string of the molecule is c1ccc(N(c2cccc3ccccc23)c2ccc(-c3ccc(-n4c5ccccc5c5ccccc54)cc3)c3sc4ccccc4c23)c(-c2cccc3c2oc2ccccc23)c1. The van der Waals surface area contributed by atoms with Gasteiger partial charge in [0.2, 0.25) is 0 Å². The summed E-state index contributed by atoms with van der Waals surface area (Å²) in [5.74, 6) is 0. The highest BCUT2D eigenvalue weighted by Crippen LogP contribution is 2.51. The van der Waals surface area contributed by atoms with Crippen molar-refractivity contribution in [2.75, 3.05) is 4.90 Å². The molecule has 0 amide bonds. The van der Waals surface area contributed by atoms with E-state index >= 15 is 0 Å². The highest BCUT2D eigenvalue weighted by Gasteiger charge is 2.25. The molecule has 0 saturated heterocycles. The van der Waals surface area contributed by atoms with Crippen molar-refractivity contribution in [3.8, 4) is 27.9 Å². The van der Waals surface area contributed by atoms with Crippen molar-refractivity contribution in [2.24, 2.45) is 0 Å². The third-order valence-corrected chi connectivity index (χ3v) is 13.8. The predicted octanol–water partition coefficient (Wildman–Crippen LogP) is 17.0. The molecule has 0 spiro atoms. The summed E-state index contributed by atoms with van der Waals surface area (Å²) in [6.07, 6.45) is 0. The minimum atomic E-state index is 0.892. The Labute approximate surface area is 361 Å². The van der Waals surface area contributed by atoms with E-state index in [1.807, 2.05) is 17.4 Å². The van der Waals surface area contributed by atoms with Gasteiger partial charge < -0.3 is 13.9 Å². The third kappa shape index (κ3) is 5.24. The van der Waals surface area contributed by atoms with Gasteiger partial charge in [0, 0.05) is 63.9 Å². The van der Waals surface area contributed by atoms with E-state index in [0.717, 1.165) is 55.8 Å². The summed E-state index contributed by atoms with van der Waals surface area (Å²) < 4.78 is 11.6. The molecule has 0 atom stereocenters. The Morgan fingerprint density at radius 3 is 1.81 bits per heavy atom. The molecule has 3 aromatic heterocycles. The van der Waals surface area contributed by atoms with E-state index in [0.29, 0.717) is 0 Å². The topological polar surface area (TPSA) is 21.3 Å². The highest BCUT2D eigenvalue weighted by atomic mass is 32.1. The number of para-hydroxylation sites is 5. The second-order valence-electron chi connectivity index (χ2n) is 16.0. The van der Waals surface area contributed by atoms with E-state index in [-0.39, 0.29) is 0 Å². The van der Waals surface area contributed by atoms with Crippen LogP contribution < -0.4 is 4.90 Å². The predicted molar refractivity (Wildman–Crippen MR) is 264 cm³/mol. The minimum Gasteiger partial charge on any atom is -0.455 e. The van der Waals surface area contributed by atoms with Crippen LogP contribution in [0.5, 0.6) is 0 Å². The first-order valence-electron chi connectivity index (χ1n) is 21.1. The van der Waals surface area contributed by atoms with Crippen LogP contribution in [0, 0.1) is 0 Å². The molecule has 3 nitrogen and oxygen atoms in total. The average molecular weight is 809 g/mol. The second kappa shape index (κ2) is 13.8. The largest absolute Gasteiger partial charge is 0.455 e. The van der Waals surface area contributed by atoms with Crippen LogP contribution in [0.15, 0.2) is 223 Å². The summed E-state index contributed by atoms with van der Waals surface area (Å²) in [5.41, 5.74) is 13.2. The van der Waals surface area contributed by atoms with Gasteiger partial charge in [0.15, 0.2) is 0 Å². The summed E-state index contributed by atoms with van der Waals surface area (Å²) in [5, 5.41) is 9.62. The lowest BCUT2D eigenvalue weighted by atomic mass is 9.96. The van der Waals surface area contributed by atoms with Gasteiger partial charge in [-0.1, -0.05) is 164 Å².